The van der Waals surface area contributed by atoms with Crippen molar-refractivity contribution in [3.63, 3.8) is 0 Å². The molecule has 0 fully saturated rings. The molecule has 0 aliphatic rings. The van der Waals surface area contributed by atoms with E-state index >= 15 is 0 Å². The second-order valence-electron chi connectivity index (χ2n) is 2.94. The van der Waals surface area contributed by atoms with Crippen molar-refractivity contribution in [1.29, 1.82) is 0 Å². The van der Waals surface area contributed by atoms with Gasteiger partial charge in [0.05, 0.1) is 0 Å². The van der Waals surface area contributed by atoms with Gasteiger partial charge in [0.15, 0.2) is 3.92 Å². The summed E-state index contributed by atoms with van der Waals surface area (Å²) >= 11 is 14.3. The van der Waals surface area contributed by atoms with E-state index in [2.05, 4.69) is 42.1 Å². The quantitative estimate of drug-likeness (QED) is 0.730. The number of hydrogen-bond acceptors (Lipinski definition) is 3. The molecule has 1 heterocycles. The van der Waals surface area contributed by atoms with Gasteiger partial charge in [-0.2, -0.15) is 0 Å². The van der Waals surface area contributed by atoms with Crippen LogP contribution in [0.3, 0.4) is 0 Å². The fourth-order valence-corrected chi connectivity index (χ4v) is 3.21. The van der Waals surface area contributed by atoms with Gasteiger partial charge in [-0.05, 0) is 40.5 Å². The van der Waals surface area contributed by atoms with Crippen LogP contribution in [0.25, 0.3) is 10.6 Å². The van der Waals surface area contributed by atoms with Gasteiger partial charge in [0.25, 0.3) is 0 Å². The smallest absolute Gasteiger partial charge is 0.137 e. The van der Waals surface area contributed by atoms with Crippen LogP contribution in [0.1, 0.15) is 5.56 Å². The molecule has 2 aromatic rings. The fourth-order valence-electron chi connectivity index (χ4n) is 1.12. The van der Waals surface area contributed by atoms with Crippen molar-refractivity contribution < 1.29 is 0 Å². The molecule has 0 bridgehead atoms. The van der Waals surface area contributed by atoms with Crippen LogP contribution >= 0.6 is 54.8 Å². The van der Waals surface area contributed by atoms with Gasteiger partial charge in [-0.25, -0.2) is 0 Å². The first-order chi connectivity index (χ1) is 7.08. The lowest BCUT2D eigenvalue weighted by molar-refractivity contribution is 1.07. The number of aryl methyl sites for hydroxylation is 1. The Morgan fingerprint density at radius 3 is 2.60 bits per heavy atom. The van der Waals surface area contributed by atoms with Crippen LogP contribution in [0.4, 0.5) is 0 Å². The second kappa shape index (κ2) is 4.49. The molecule has 0 saturated carbocycles. The molecular weight excluding hydrogens is 363 g/mol. The van der Waals surface area contributed by atoms with E-state index in [1.807, 2.05) is 19.1 Å². The van der Waals surface area contributed by atoms with Gasteiger partial charge >= 0.3 is 0 Å². The van der Waals surface area contributed by atoms with E-state index in [9.17, 15) is 0 Å². The lowest BCUT2D eigenvalue weighted by Gasteiger charge is -2.03. The summed E-state index contributed by atoms with van der Waals surface area (Å²) in [4.78, 5) is 0. The lowest BCUT2D eigenvalue weighted by Crippen LogP contribution is -1.83. The zero-order chi connectivity index (χ0) is 11.0. The summed E-state index contributed by atoms with van der Waals surface area (Å²) in [7, 11) is 0. The van der Waals surface area contributed by atoms with Gasteiger partial charge in [-0.3, -0.25) is 0 Å². The van der Waals surface area contributed by atoms with Gasteiger partial charge in [0.1, 0.15) is 5.01 Å². The lowest BCUT2D eigenvalue weighted by atomic mass is 10.1. The van der Waals surface area contributed by atoms with Crippen LogP contribution in [-0.2, 0) is 0 Å². The topological polar surface area (TPSA) is 25.8 Å². The summed E-state index contributed by atoms with van der Waals surface area (Å²) in [6.45, 7) is 1.97. The molecule has 2 rings (SSSR count). The number of rotatable bonds is 1. The van der Waals surface area contributed by atoms with E-state index in [0.29, 0.717) is 0 Å². The first-order valence-corrected chi connectivity index (χ1v) is 6.81. The van der Waals surface area contributed by atoms with Crippen molar-refractivity contribution in [1.82, 2.24) is 10.2 Å². The zero-order valence-corrected chi connectivity index (χ0v) is 12.3. The van der Waals surface area contributed by atoms with Crippen molar-refractivity contribution >= 4 is 54.8 Å². The molecule has 0 unspecified atom stereocenters. The van der Waals surface area contributed by atoms with Crippen LogP contribution in [0.2, 0.25) is 5.02 Å². The van der Waals surface area contributed by atoms with Crippen molar-refractivity contribution in [3.8, 4) is 10.6 Å². The second-order valence-corrected chi connectivity index (χ2v) is 6.46. The summed E-state index contributed by atoms with van der Waals surface area (Å²) in [6.07, 6.45) is 0. The molecule has 2 nitrogen and oxygen atoms in total. The van der Waals surface area contributed by atoms with Gasteiger partial charge in [-0.1, -0.05) is 38.9 Å². The van der Waals surface area contributed by atoms with E-state index < -0.39 is 0 Å². The third-order valence-electron chi connectivity index (χ3n) is 1.88. The minimum atomic E-state index is 0.736. The van der Waals surface area contributed by atoms with E-state index in [1.165, 1.54) is 11.3 Å². The minimum absolute atomic E-state index is 0.736. The maximum Gasteiger partial charge on any atom is 0.183 e. The van der Waals surface area contributed by atoms with Gasteiger partial charge in [-0.15, -0.1) is 10.2 Å². The first-order valence-electron chi connectivity index (χ1n) is 4.03. The van der Waals surface area contributed by atoms with E-state index in [1.54, 1.807) is 0 Å². The van der Waals surface area contributed by atoms with Crippen LogP contribution in [0, 0.1) is 6.92 Å². The summed E-state index contributed by atoms with van der Waals surface area (Å²) < 4.78 is 1.74. The Hall–Kier alpha value is 0.0300. The van der Waals surface area contributed by atoms with E-state index in [0.717, 1.165) is 29.5 Å². The molecule has 0 N–H and O–H groups in total. The molecule has 6 heteroatoms. The molecule has 78 valence electrons. The Morgan fingerprint density at radius 2 is 2.00 bits per heavy atom. The number of aromatic nitrogens is 2. The standard InChI is InChI=1S/C9H5Br2ClN2S/c1-4-2-6(10)5(3-7(4)12)8-13-14-9(11)15-8/h2-3H,1H3. The molecule has 0 spiro atoms. The number of halogens is 3. The molecule has 1 aromatic carbocycles. The van der Waals surface area contributed by atoms with Crippen molar-refractivity contribution in [2.45, 2.75) is 6.92 Å². The van der Waals surface area contributed by atoms with Crippen LogP contribution in [0.15, 0.2) is 20.5 Å². The van der Waals surface area contributed by atoms with Crippen molar-refractivity contribution in [2.75, 3.05) is 0 Å². The molecule has 0 aliphatic carbocycles. The van der Waals surface area contributed by atoms with Gasteiger partial charge in [0.2, 0.25) is 0 Å². The van der Waals surface area contributed by atoms with Crippen LogP contribution < -0.4 is 0 Å². The van der Waals surface area contributed by atoms with Crippen LogP contribution in [0.5, 0.6) is 0 Å². The summed E-state index contributed by atoms with van der Waals surface area (Å²) in [6, 6.07) is 3.88. The van der Waals surface area contributed by atoms with Crippen molar-refractivity contribution in [3.05, 3.63) is 31.1 Å². The molecule has 0 saturated heterocycles. The number of nitrogens with zero attached hydrogens (tertiary/aromatic N) is 2. The normalized spacial score (nSPS) is 10.7. The first kappa shape index (κ1) is 11.5. The molecule has 0 amide bonds. The largest absolute Gasteiger partial charge is 0.183 e. The Kier molecular flexibility index (Phi) is 3.45. The summed E-state index contributed by atoms with van der Waals surface area (Å²) in [5.74, 6) is 0. The average Bonchev–Trinajstić information content (AvgIpc) is 2.58. The Balaban J connectivity index is 2.58. The van der Waals surface area contributed by atoms with Gasteiger partial charge in [0, 0.05) is 15.1 Å². The highest BCUT2D eigenvalue weighted by atomic mass is 79.9. The Labute approximate surface area is 113 Å². The van der Waals surface area contributed by atoms with Gasteiger partial charge < -0.3 is 0 Å². The Morgan fingerprint density at radius 1 is 1.27 bits per heavy atom. The highest BCUT2D eigenvalue weighted by Gasteiger charge is 2.10. The summed E-state index contributed by atoms with van der Waals surface area (Å²) in [5.41, 5.74) is 2.00. The number of hydrogen-bond donors (Lipinski definition) is 0. The average molecular weight is 368 g/mol. The fraction of sp³-hybridized carbons (Fsp3) is 0.111. The maximum atomic E-state index is 6.07. The summed E-state index contributed by atoms with van der Waals surface area (Å²) in [5, 5.41) is 9.54. The Bertz CT molecular complexity index is 513. The number of benzene rings is 1. The maximum absolute atomic E-state index is 6.07. The molecular formula is C9H5Br2ClN2S. The van der Waals surface area contributed by atoms with E-state index in [4.69, 9.17) is 11.6 Å². The molecule has 1 aromatic heterocycles. The third-order valence-corrected chi connectivity index (χ3v) is 4.33. The molecule has 0 radical (unpaired) electrons. The predicted octanol–water partition coefficient (Wildman–Crippen LogP) is 4.69. The highest BCUT2D eigenvalue weighted by molar-refractivity contribution is 9.11. The predicted molar refractivity (Wildman–Crippen MR) is 70.5 cm³/mol. The van der Waals surface area contributed by atoms with Crippen LogP contribution in [-0.4, -0.2) is 10.2 Å². The molecule has 0 aliphatic heterocycles. The van der Waals surface area contributed by atoms with Crippen molar-refractivity contribution in [2.24, 2.45) is 0 Å². The molecule has 0 atom stereocenters. The third kappa shape index (κ3) is 2.41. The minimum Gasteiger partial charge on any atom is -0.137 e. The van der Waals surface area contributed by atoms with E-state index in [-0.39, 0.29) is 0 Å². The zero-order valence-electron chi connectivity index (χ0n) is 7.59. The highest BCUT2D eigenvalue weighted by Crippen LogP contribution is 2.35. The SMILES string of the molecule is Cc1cc(Br)c(-c2nnc(Br)s2)cc1Cl. The monoisotopic (exact) mass is 366 g/mol. The molecule has 15 heavy (non-hydrogen) atoms.